The molecule has 0 saturated heterocycles. The molecule has 0 aliphatic heterocycles. The fraction of sp³-hybridized carbons (Fsp3) is 0.696. The third-order valence-corrected chi connectivity index (χ3v) is 4.92. The van der Waals surface area contributed by atoms with Gasteiger partial charge in [0.05, 0.1) is 6.26 Å². The molecule has 0 aliphatic carbocycles. The number of hydrogen-bond acceptors (Lipinski definition) is 2. The molecule has 0 aromatic carbocycles. The van der Waals surface area contributed by atoms with Gasteiger partial charge in [-0.25, -0.2) is 4.79 Å². The molecule has 0 atom stereocenters. The van der Waals surface area contributed by atoms with Crippen LogP contribution in [0, 0.1) is 0 Å². The molecule has 0 amide bonds. The number of carbonyl (C=O) groups is 1. The van der Waals surface area contributed by atoms with Gasteiger partial charge in [0.2, 0.25) is 0 Å². The first-order valence-corrected chi connectivity index (χ1v) is 10.7. The van der Waals surface area contributed by atoms with Crippen molar-refractivity contribution < 1.29 is 14.3 Å². The summed E-state index contributed by atoms with van der Waals surface area (Å²) in [6.45, 7) is 2.27. The van der Waals surface area contributed by atoms with Crippen LogP contribution < -0.4 is 0 Å². The highest BCUT2D eigenvalue weighted by Gasteiger charge is 2.09. The Labute approximate surface area is 159 Å². The van der Waals surface area contributed by atoms with E-state index in [0.717, 1.165) is 12.8 Å². The zero-order valence-electron chi connectivity index (χ0n) is 16.7. The van der Waals surface area contributed by atoms with Crippen LogP contribution in [-0.2, 0) is 11.2 Å². The number of carboxylic acids is 1. The molecule has 1 N–H and O–H groups in total. The maximum Gasteiger partial charge on any atom is 0.331 e. The maximum absolute atomic E-state index is 11.3. The molecule has 1 heterocycles. The number of hydrogen-bond donors (Lipinski definition) is 1. The molecular formula is C23H38O3. The summed E-state index contributed by atoms with van der Waals surface area (Å²) in [6, 6.07) is 3.61. The number of unbranched alkanes of at least 4 members (excludes halogenated alkanes) is 13. The van der Waals surface area contributed by atoms with Gasteiger partial charge in [-0.05, 0) is 25.0 Å². The number of rotatable bonds is 17. The van der Waals surface area contributed by atoms with Crippen LogP contribution in [0.15, 0.2) is 34.5 Å². The third kappa shape index (κ3) is 11.9. The molecule has 3 nitrogen and oxygen atoms in total. The highest BCUT2D eigenvalue weighted by Crippen LogP contribution is 2.14. The van der Waals surface area contributed by atoms with Gasteiger partial charge in [-0.2, -0.15) is 0 Å². The lowest BCUT2D eigenvalue weighted by atomic mass is 10.0. The van der Waals surface area contributed by atoms with Crippen LogP contribution in [0.4, 0.5) is 0 Å². The lowest BCUT2D eigenvalue weighted by Gasteiger charge is -2.03. The van der Waals surface area contributed by atoms with Crippen molar-refractivity contribution in [3.8, 4) is 0 Å². The Balaban J connectivity index is 1.95. The van der Waals surface area contributed by atoms with Crippen LogP contribution in [0.2, 0.25) is 0 Å². The molecule has 1 rings (SSSR count). The second-order valence-electron chi connectivity index (χ2n) is 7.32. The first-order valence-electron chi connectivity index (χ1n) is 10.7. The average molecular weight is 363 g/mol. The van der Waals surface area contributed by atoms with Crippen LogP contribution >= 0.6 is 0 Å². The second kappa shape index (κ2) is 15.7. The van der Waals surface area contributed by atoms with Crippen molar-refractivity contribution in [3.05, 3.63) is 35.8 Å². The maximum atomic E-state index is 11.3. The van der Waals surface area contributed by atoms with E-state index < -0.39 is 5.97 Å². The quantitative estimate of drug-likeness (QED) is 0.233. The smallest absolute Gasteiger partial charge is 0.331 e. The van der Waals surface area contributed by atoms with Crippen molar-refractivity contribution in [2.75, 3.05) is 0 Å². The van der Waals surface area contributed by atoms with Crippen molar-refractivity contribution in [2.24, 2.45) is 0 Å². The van der Waals surface area contributed by atoms with Crippen LogP contribution in [0.3, 0.4) is 0 Å². The van der Waals surface area contributed by atoms with Crippen LogP contribution in [0.1, 0.15) is 103 Å². The minimum Gasteiger partial charge on any atom is -0.478 e. The Kier molecular flexibility index (Phi) is 13.6. The van der Waals surface area contributed by atoms with Gasteiger partial charge >= 0.3 is 5.97 Å². The minimum atomic E-state index is -0.837. The number of furan rings is 1. The summed E-state index contributed by atoms with van der Waals surface area (Å²) in [5.41, 5.74) is 0.443. The Morgan fingerprint density at radius 3 is 1.92 bits per heavy atom. The molecule has 26 heavy (non-hydrogen) atoms. The molecule has 0 unspecified atom stereocenters. The van der Waals surface area contributed by atoms with Crippen molar-refractivity contribution in [1.82, 2.24) is 0 Å². The summed E-state index contributed by atoms with van der Waals surface area (Å²) in [5.74, 6) is -0.125. The molecule has 0 aliphatic rings. The van der Waals surface area contributed by atoms with Gasteiger partial charge in [0.1, 0.15) is 5.76 Å². The molecular weight excluding hydrogens is 324 g/mol. The Bertz CT molecular complexity index is 474. The summed E-state index contributed by atoms with van der Waals surface area (Å²) in [4.78, 5) is 11.3. The Morgan fingerprint density at radius 1 is 0.923 bits per heavy atom. The van der Waals surface area contributed by atoms with Crippen molar-refractivity contribution >= 4 is 5.97 Å². The lowest BCUT2D eigenvalue weighted by Crippen LogP contribution is -2.03. The number of carboxylic acid groups (broad SMARTS) is 1. The average Bonchev–Trinajstić information content (AvgIpc) is 3.14. The van der Waals surface area contributed by atoms with E-state index in [4.69, 9.17) is 4.42 Å². The Hall–Kier alpha value is -1.51. The monoisotopic (exact) mass is 362 g/mol. The Morgan fingerprint density at radius 2 is 1.46 bits per heavy atom. The van der Waals surface area contributed by atoms with E-state index in [1.807, 2.05) is 12.1 Å². The lowest BCUT2D eigenvalue weighted by molar-refractivity contribution is -0.132. The number of allylic oxidation sites excluding steroid dienone is 1. The fourth-order valence-electron chi connectivity index (χ4n) is 3.27. The molecule has 0 fully saturated rings. The van der Waals surface area contributed by atoms with Crippen molar-refractivity contribution in [1.29, 1.82) is 0 Å². The molecule has 1 aromatic rings. The molecule has 0 spiro atoms. The summed E-state index contributed by atoms with van der Waals surface area (Å²) in [6.07, 6.45) is 22.0. The zero-order chi connectivity index (χ0) is 18.9. The third-order valence-electron chi connectivity index (χ3n) is 4.92. The van der Waals surface area contributed by atoms with E-state index >= 15 is 0 Å². The molecule has 148 valence electrons. The fourth-order valence-corrected chi connectivity index (χ4v) is 3.27. The molecule has 0 saturated carbocycles. The van der Waals surface area contributed by atoms with Crippen LogP contribution in [0.25, 0.3) is 0 Å². The van der Waals surface area contributed by atoms with Gasteiger partial charge in [0.15, 0.2) is 0 Å². The summed E-state index contributed by atoms with van der Waals surface area (Å²) in [7, 11) is 0. The van der Waals surface area contributed by atoms with Crippen LogP contribution in [0.5, 0.6) is 0 Å². The zero-order valence-corrected chi connectivity index (χ0v) is 16.7. The predicted octanol–water partition coefficient (Wildman–Crippen LogP) is 7.31. The largest absolute Gasteiger partial charge is 0.478 e. The van der Waals surface area contributed by atoms with E-state index in [0.29, 0.717) is 17.8 Å². The van der Waals surface area contributed by atoms with Crippen molar-refractivity contribution in [3.63, 3.8) is 0 Å². The summed E-state index contributed by atoms with van der Waals surface area (Å²) < 4.78 is 5.23. The SMILES string of the molecule is CCCCCCCCCCCCCCC/C=C(\Cc1ccco1)C(=O)O. The number of aliphatic carboxylic acids is 1. The summed E-state index contributed by atoms with van der Waals surface area (Å²) in [5, 5.41) is 9.27. The van der Waals surface area contributed by atoms with Crippen LogP contribution in [-0.4, -0.2) is 11.1 Å². The van der Waals surface area contributed by atoms with Gasteiger partial charge in [0, 0.05) is 12.0 Å². The summed E-state index contributed by atoms with van der Waals surface area (Å²) >= 11 is 0. The van der Waals surface area contributed by atoms with E-state index in [2.05, 4.69) is 6.92 Å². The molecule has 3 heteroatoms. The highest BCUT2D eigenvalue weighted by molar-refractivity contribution is 5.86. The second-order valence-corrected chi connectivity index (χ2v) is 7.32. The first-order chi connectivity index (χ1) is 12.7. The standard InChI is InChI=1S/C23H38O3/c1-2-3-4-5-6-7-8-9-10-11-12-13-14-15-17-21(23(24)25)20-22-18-16-19-26-22/h16-19H,2-15,20H2,1H3,(H,24,25)/b21-17+. The van der Waals surface area contributed by atoms with E-state index in [-0.39, 0.29) is 0 Å². The van der Waals surface area contributed by atoms with E-state index in [9.17, 15) is 9.90 Å². The first kappa shape index (κ1) is 22.5. The molecule has 0 radical (unpaired) electrons. The molecule has 0 bridgehead atoms. The van der Waals surface area contributed by atoms with E-state index in [1.54, 1.807) is 12.3 Å². The molecule has 1 aromatic heterocycles. The van der Waals surface area contributed by atoms with Gasteiger partial charge in [-0.3, -0.25) is 0 Å². The normalized spacial score (nSPS) is 11.8. The van der Waals surface area contributed by atoms with Gasteiger partial charge in [-0.15, -0.1) is 0 Å². The van der Waals surface area contributed by atoms with Gasteiger partial charge < -0.3 is 9.52 Å². The predicted molar refractivity (Wildman–Crippen MR) is 108 cm³/mol. The van der Waals surface area contributed by atoms with Crippen molar-refractivity contribution in [2.45, 2.75) is 103 Å². The van der Waals surface area contributed by atoms with Gasteiger partial charge in [0.25, 0.3) is 0 Å². The van der Waals surface area contributed by atoms with Gasteiger partial charge in [-0.1, -0.05) is 90.0 Å². The highest BCUT2D eigenvalue weighted by atomic mass is 16.4. The topological polar surface area (TPSA) is 50.4 Å². The minimum absolute atomic E-state index is 0.376. The van der Waals surface area contributed by atoms with E-state index in [1.165, 1.54) is 77.0 Å².